The Balaban J connectivity index is 1.12. The van der Waals surface area contributed by atoms with E-state index in [1.165, 1.54) is 114 Å². The van der Waals surface area contributed by atoms with Gasteiger partial charge in [-0.1, -0.05) is 126 Å². The molecule has 0 N–H and O–H groups in total. The molecule has 0 atom stereocenters. The van der Waals surface area contributed by atoms with Gasteiger partial charge in [0.2, 0.25) is 0 Å². The molecule has 0 amide bonds. The zero-order valence-corrected chi connectivity index (χ0v) is 26.1. The van der Waals surface area contributed by atoms with Crippen LogP contribution in [0.1, 0.15) is 114 Å². The van der Waals surface area contributed by atoms with E-state index in [4.69, 9.17) is 11.6 Å². The molecule has 4 heteroatoms. The van der Waals surface area contributed by atoms with Gasteiger partial charge in [0, 0.05) is 5.56 Å². The molecular weight excluding hydrogens is 549 g/mol. The van der Waals surface area contributed by atoms with E-state index in [1.807, 2.05) is 6.07 Å². The molecule has 1 fully saturated rings. The number of benzene rings is 3. The number of aryl methyl sites for hydroxylation is 3. The minimum absolute atomic E-state index is 0.159. The summed E-state index contributed by atoms with van der Waals surface area (Å²) < 4.78 is 42.5. The topological polar surface area (TPSA) is 0 Å². The summed E-state index contributed by atoms with van der Waals surface area (Å²) in [5.74, 6) is -0.742. The van der Waals surface area contributed by atoms with Crippen molar-refractivity contribution in [2.24, 2.45) is 11.8 Å². The first-order valence-electron chi connectivity index (χ1n) is 16.4. The van der Waals surface area contributed by atoms with Crippen molar-refractivity contribution in [3.8, 4) is 11.1 Å². The van der Waals surface area contributed by atoms with Crippen LogP contribution in [-0.2, 0) is 19.3 Å². The van der Waals surface area contributed by atoms with Gasteiger partial charge in [0.15, 0.2) is 0 Å². The van der Waals surface area contributed by atoms with Crippen LogP contribution < -0.4 is 0 Å². The summed E-state index contributed by atoms with van der Waals surface area (Å²) in [4.78, 5) is 0. The van der Waals surface area contributed by atoms with E-state index in [0.717, 1.165) is 36.5 Å². The molecule has 0 aliphatic heterocycles. The van der Waals surface area contributed by atoms with E-state index < -0.39 is 22.5 Å². The molecule has 3 aromatic rings. The Kier molecular flexibility index (Phi) is 13.3. The summed E-state index contributed by atoms with van der Waals surface area (Å²) in [6.45, 7) is 2.27. The third kappa shape index (κ3) is 10.2. The standard InChI is InChI=1S/C38H48ClF3/c1-2-3-4-5-6-7-8-9-10-28-11-13-29(14-12-28)15-16-30-17-19-31(20-18-30)21-22-32-23-24-34(35(40)25-32)33-26-36(41)38(39)37(42)27-33/h11-14,23-27,30-31H,2-10,15-22H2,1H3/t30-,31-. The van der Waals surface area contributed by atoms with Gasteiger partial charge in [-0.15, -0.1) is 0 Å². The lowest BCUT2D eigenvalue weighted by atomic mass is 9.77. The summed E-state index contributed by atoms with van der Waals surface area (Å²) in [6.07, 6.45) is 21.5. The highest BCUT2D eigenvalue weighted by atomic mass is 35.5. The van der Waals surface area contributed by atoms with Crippen LogP contribution in [0.4, 0.5) is 13.2 Å². The van der Waals surface area contributed by atoms with Gasteiger partial charge in [-0.25, -0.2) is 13.2 Å². The largest absolute Gasteiger partial charge is 0.206 e. The second-order valence-corrected chi connectivity index (χ2v) is 13.0. The number of hydrogen-bond acceptors (Lipinski definition) is 0. The molecule has 1 aliphatic rings. The molecule has 0 spiro atoms. The number of hydrogen-bond donors (Lipinski definition) is 0. The fourth-order valence-corrected chi connectivity index (χ4v) is 6.65. The molecule has 0 bridgehead atoms. The molecule has 0 radical (unpaired) electrons. The Hall–Kier alpha value is -2.26. The predicted octanol–water partition coefficient (Wildman–Crippen LogP) is 12.5. The monoisotopic (exact) mass is 596 g/mol. The first kappa shape index (κ1) is 32.6. The van der Waals surface area contributed by atoms with Gasteiger partial charge in [-0.05, 0) is 90.8 Å². The maximum atomic E-state index is 14.8. The van der Waals surface area contributed by atoms with Gasteiger partial charge in [-0.2, -0.15) is 0 Å². The summed E-state index contributed by atoms with van der Waals surface area (Å²) in [5, 5.41) is -0.566. The van der Waals surface area contributed by atoms with Crippen molar-refractivity contribution in [1.29, 1.82) is 0 Å². The van der Waals surface area contributed by atoms with Crippen LogP contribution in [0.25, 0.3) is 11.1 Å². The van der Waals surface area contributed by atoms with Gasteiger partial charge in [0.05, 0.1) is 0 Å². The lowest BCUT2D eigenvalue weighted by Gasteiger charge is -2.28. The van der Waals surface area contributed by atoms with Gasteiger partial charge >= 0.3 is 0 Å². The molecule has 0 nitrogen and oxygen atoms in total. The lowest BCUT2D eigenvalue weighted by molar-refractivity contribution is 0.253. The highest BCUT2D eigenvalue weighted by Crippen LogP contribution is 2.35. The second kappa shape index (κ2) is 17.1. The van der Waals surface area contributed by atoms with Crippen molar-refractivity contribution in [3.05, 3.63) is 93.8 Å². The molecule has 3 aromatic carbocycles. The number of unbranched alkanes of at least 4 members (excludes halogenated alkanes) is 7. The van der Waals surface area contributed by atoms with E-state index in [2.05, 4.69) is 31.2 Å². The van der Waals surface area contributed by atoms with Crippen molar-refractivity contribution >= 4 is 11.6 Å². The molecule has 228 valence electrons. The number of halogens is 4. The molecule has 0 unspecified atom stereocenters. The molecule has 0 aromatic heterocycles. The fraction of sp³-hybridized carbons (Fsp3) is 0.526. The summed E-state index contributed by atoms with van der Waals surface area (Å²) in [6, 6.07) is 16.5. The molecule has 0 heterocycles. The minimum atomic E-state index is -0.881. The van der Waals surface area contributed by atoms with E-state index in [1.54, 1.807) is 6.07 Å². The Morgan fingerprint density at radius 1 is 0.571 bits per heavy atom. The summed E-state index contributed by atoms with van der Waals surface area (Å²) in [5.41, 5.74) is 4.22. The molecular formula is C38H48ClF3. The molecule has 1 aliphatic carbocycles. The zero-order chi connectivity index (χ0) is 29.7. The highest BCUT2D eigenvalue weighted by molar-refractivity contribution is 6.31. The van der Waals surface area contributed by atoms with Crippen molar-refractivity contribution in [2.75, 3.05) is 0 Å². The van der Waals surface area contributed by atoms with Crippen molar-refractivity contribution in [3.63, 3.8) is 0 Å². The average molecular weight is 597 g/mol. The quantitative estimate of drug-likeness (QED) is 0.114. The van der Waals surface area contributed by atoms with Crippen LogP contribution in [0.15, 0.2) is 54.6 Å². The molecule has 42 heavy (non-hydrogen) atoms. The van der Waals surface area contributed by atoms with Gasteiger partial charge in [-0.3, -0.25) is 0 Å². The average Bonchev–Trinajstić information content (AvgIpc) is 3.00. The van der Waals surface area contributed by atoms with E-state index in [0.29, 0.717) is 5.92 Å². The third-order valence-corrected chi connectivity index (χ3v) is 9.68. The van der Waals surface area contributed by atoms with Crippen LogP contribution in [0, 0.1) is 29.3 Å². The Morgan fingerprint density at radius 3 is 1.60 bits per heavy atom. The van der Waals surface area contributed by atoms with Crippen LogP contribution in [0.2, 0.25) is 5.02 Å². The van der Waals surface area contributed by atoms with E-state index in [9.17, 15) is 13.2 Å². The Labute approximate surface area is 257 Å². The summed E-state index contributed by atoms with van der Waals surface area (Å²) in [7, 11) is 0. The maximum Gasteiger partial charge on any atom is 0.145 e. The van der Waals surface area contributed by atoms with E-state index >= 15 is 0 Å². The molecule has 4 rings (SSSR count). The van der Waals surface area contributed by atoms with Crippen LogP contribution in [0.5, 0.6) is 0 Å². The SMILES string of the molecule is CCCCCCCCCCc1ccc(CC[C@H]2CC[C@H](CCc3ccc(-c4cc(F)c(Cl)c(F)c4)c(F)c3)CC2)cc1. The van der Waals surface area contributed by atoms with Gasteiger partial charge in [0.1, 0.15) is 22.5 Å². The predicted molar refractivity (Wildman–Crippen MR) is 172 cm³/mol. The Morgan fingerprint density at radius 2 is 1.05 bits per heavy atom. The van der Waals surface area contributed by atoms with Crippen molar-refractivity contribution < 1.29 is 13.2 Å². The van der Waals surface area contributed by atoms with E-state index in [-0.39, 0.29) is 11.1 Å². The van der Waals surface area contributed by atoms with Gasteiger partial charge in [0.25, 0.3) is 0 Å². The zero-order valence-electron chi connectivity index (χ0n) is 25.4. The maximum absolute atomic E-state index is 14.8. The Bertz CT molecular complexity index is 1200. The molecule has 0 saturated heterocycles. The first-order chi connectivity index (χ1) is 20.4. The highest BCUT2D eigenvalue weighted by Gasteiger charge is 2.21. The smallest absolute Gasteiger partial charge is 0.145 e. The van der Waals surface area contributed by atoms with Crippen molar-refractivity contribution in [1.82, 2.24) is 0 Å². The fourth-order valence-electron chi connectivity index (χ4n) is 6.55. The summed E-state index contributed by atoms with van der Waals surface area (Å²) >= 11 is 5.57. The third-order valence-electron chi connectivity index (χ3n) is 9.32. The van der Waals surface area contributed by atoms with Crippen LogP contribution in [0.3, 0.4) is 0 Å². The lowest BCUT2D eigenvalue weighted by Crippen LogP contribution is -2.15. The number of rotatable bonds is 16. The van der Waals surface area contributed by atoms with Crippen molar-refractivity contribution in [2.45, 2.75) is 116 Å². The van der Waals surface area contributed by atoms with Crippen LogP contribution in [-0.4, -0.2) is 0 Å². The normalized spacial score (nSPS) is 17.1. The van der Waals surface area contributed by atoms with Crippen LogP contribution >= 0.6 is 11.6 Å². The molecule has 1 saturated carbocycles. The minimum Gasteiger partial charge on any atom is -0.206 e. The first-order valence-corrected chi connectivity index (χ1v) is 16.8. The second-order valence-electron chi connectivity index (χ2n) is 12.6. The van der Waals surface area contributed by atoms with Gasteiger partial charge < -0.3 is 0 Å².